The van der Waals surface area contributed by atoms with E-state index in [9.17, 15) is 9.59 Å². The van der Waals surface area contributed by atoms with Gasteiger partial charge in [0.2, 0.25) is 5.91 Å². The van der Waals surface area contributed by atoms with Gasteiger partial charge >= 0.3 is 6.03 Å². The highest BCUT2D eigenvalue weighted by molar-refractivity contribution is 5.98. The van der Waals surface area contributed by atoms with Gasteiger partial charge in [-0.2, -0.15) is 0 Å². The fourth-order valence-electron chi connectivity index (χ4n) is 1.19. The van der Waals surface area contributed by atoms with Crippen LogP contribution in [0.5, 0.6) is 0 Å². The van der Waals surface area contributed by atoms with Crippen LogP contribution >= 0.6 is 0 Å². The zero-order valence-electron chi connectivity index (χ0n) is 7.70. The standard InChI is InChI=1S/C9H12N2O2/c1-4-7(3)11-5-6(2)8(12)10-9(11)13/h1,6-7H,5H2,2-3H3,(H,10,12,13). The number of nitrogens with zero attached hydrogens (tertiary/aromatic N) is 1. The van der Waals surface area contributed by atoms with Crippen molar-refractivity contribution >= 4 is 11.9 Å². The van der Waals surface area contributed by atoms with Gasteiger partial charge in [0.25, 0.3) is 0 Å². The average molecular weight is 180 g/mol. The van der Waals surface area contributed by atoms with Crippen LogP contribution in [-0.4, -0.2) is 29.4 Å². The van der Waals surface area contributed by atoms with Gasteiger partial charge in [-0.3, -0.25) is 10.1 Å². The first-order valence-corrected chi connectivity index (χ1v) is 4.14. The van der Waals surface area contributed by atoms with Crippen molar-refractivity contribution in [1.82, 2.24) is 10.2 Å². The van der Waals surface area contributed by atoms with E-state index in [1.807, 2.05) is 0 Å². The summed E-state index contributed by atoms with van der Waals surface area (Å²) in [6.07, 6.45) is 5.19. The van der Waals surface area contributed by atoms with Crippen molar-refractivity contribution in [2.75, 3.05) is 6.54 Å². The number of carbonyl (C=O) groups excluding carboxylic acids is 2. The lowest BCUT2D eigenvalue weighted by Crippen LogP contribution is -2.56. The van der Waals surface area contributed by atoms with Crippen molar-refractivity contribution < 1.29 is 9.59 Å². The van der Waals surface area contributed by atoms with Crippen molar-refractivity contribution in [3.8, 4) is 12.3 Å². The average Bonchev–Trinajstić information content (AvgIpc) is 2.10. The van der Waals surface area contributed by atoms with Gasteiger partial charge in [-0.15, -0.1) is 6.42 Å². The van der Waals surface area contributed by atoms with Gasteiger partial charge in [-0.25, -0.2) is 4.79 Å². The van der Waals surface area contributed by atoms with Crippen molar-refractivity contribution in [3.05, 3.63) is 0 Å². The quantitative estimate of drug-likeness (QED) is 0.586. The molecule has 13 heavy (non-hydrogen) atoms. The van der Waals surface area contributed by atoms with Crippen molar-refractivity contribution in [2.24, 2.45) is 5.92 Å². The molecule has 0 spiro atoms. The lowest BCUT2D eigenvalue weighted by Gasteiger charge is -2.32. The summed E-state index contributed by atoms with van der Waals surface area (Å²) in [5.74, 6) is 2.04. The second-order valence-electron chi connectivity index (χ2n) is 3.19. The van der Waals surface area contributed by atoms with Crippen LogP contribution in [0.4, 0.5) is 4.79 Å². The van der Waals surface area contributed by atoms with Crippen molar-refractivity contribution in [2.45, 2.75) is 19.9 Å². The lowest BCUT2D eigenvalue weighted by atomic mass is 10.1. The Morgan fingerprint density at radius 1 is 1.69 bits per heavy atom. The molecular formula is C9H12N2O2. The van der Waals surface area contributed by atoms with Crippen LogP contribution in [0.25, 0.3) is 0 Å². The third-order valence-corrected chi connectivity index (χ3v) is 2.12. The number of nitrogens with one attached hydrogen (secondary N) is 1. The Kier molecular flexibility index (Phi) is 2.57. The number of hydrogen-bond acceptors (Lipinski definition) is 2. The van der Waals surface area contributed by atoms with Gasteiger partial charge in [0, 0.05) is 6.54 Å². The predicted octanol–water partition coefficient (Wildman–Crippen LogP) is 0.196. The Bertz CT molecular complexity index is 280. The molecule has 70 valence electrons. The molecule has 1 N–H and O–H groups in total. The Morgan fingerprint density at radius 3 is 2.85 bits per heavy atom. The molecule has 4 heteroatoms. The summed E-state index contributed by atoms with van der Waals surface area (Å²) < 4.78 is 0. The first-order chi connectivity index (χ1) is 6.06. The number of amides is 3. The molecule has 2 atom stereocenters. The van der Waals surface area contributed by atoms with Crippen LogP contribution in [0.15, 0.2) is 0 Å². The lowest BCUT2D eigenvalue weighted by molar-refractivity contribution is -0.125. The summed E-state index contributed by atoms with van der Waals surface area (Å²) in [5.41, 5.74) is 0. The Hall–Kier alpha value is -1.50. The number of urea groups is 1. The molecular weight excluding hydrogens is 168 g/mol. The molecule has 2 unspecified atom stereocenters. The van der Waals surface area contributed by atoms with E-state index < -0.39 is 6.03 Å². The Morgan fingerprint density at radius 2 is 2.31 bits per heavy atom. The Balaban J connectivity index is 2.73. The number of hydrogen-bond donors (Lipinski definition) is 1. The Labute approximate surface area is 77.3 Å². The van der Waals surface area contributed by atoms with Crippen LogP contribution in [-0.2, 0) is 4.79 Å². The van der Waals surface area contributed by atoms with Gasteiger partial charge in [0.05, 0.1) is 12.0 Å². The molecule has 0 aromatic rings. The highest BCUT2D eigenvalue weighted by atomic mass is 16.2. The van der Waals surface area contributed by atoms with Crippen LogP contribution in [0, 0.1) is 18.3 Å². The van der Waals surface area contributed by atoms with E-state index in [1.54, 1.807) is 13.8 Å². The fourth-order valence-corrected chi connectivity index (χ4v) is 1.19. The number of carbonyl (C=O) groups is 2. The second kappa shape index (κ2) is 3.48. The molecule has 0 saturated carbocycles. The third-order valence-electron chi connectivity index (χ3n) is 2.12. The van der Waals surface area contributed by atoms with Crippen molar-refractivity contribution in [1.29, 1.82) is 0 Å². The summed E-state index contributed by atoms with van der Waals surface area (Å²) >= 11 is 0. The summed E-state index contributed by atoms with van der Waals surface area (Å²) in [6.45, 7) is 3.91. The van der Waals surface area contributed by atoms with Crippen LogP contribution in [0.3, 0.4) is 0 Å². The molecule has 4 nitrogen and oxygen atoms in total. The molecule has 0 aromatic heterocycles. The van der Waals surface area contributed by atoms with E-state index in [1.165, 1.54) is 4.90 Å². The molecule has 3 amide bonds. The van der Waals surface area contributed by atoms with E-state index in [4.69, 9.17) is 6.42 Å². The number of rotatable bonds is 1. The molecule has 1 fully saturated rings. The first kappa shape index (κ1) is 9.59. The maximum absolute atomic E-state index is 11.2. The van der Waals surface area contributed by atoms with E-state index in [-0.39, 0.29) is 17.9 Å². The van der Waals surface area contributed by atoms with Crippen LogP contribution < -0.4 is 5.32 Å². The highest BCUT2D eigenvalue weighted by Gasteiger charge is 2.31. The molecule has 0 aliphatic carbocycles. The van der Waals surface area contributed by atoms with Gasteiger partial charge in [-0.05, 0) is 6.92 Å². The normalized spacial score (nSPS) is 25.0. The van der Waals surface area contributed by atoms with E-state index in [0.717, 1.165) is 0 Å². The van der Waals surface area contributed by atoms with Gasteiger partial charge in [0.1, 0.15) is 0 Å². The van der Waals surface area contributed by atoms with Crippen molar-refractivity contribution in [3.63, 3.8) is 0 Å². The zero-order valence-corrected chi connectivity index (χ0v) is 7.70. The minimum Gasteiger partial charge on any atom is -0.310 e. The molecule has 1 saturated heterocycles. The second-order valence-corrected chi connectivity index (χ2v) is 3.19. The van der Waals surface area contributed by atoms with Crippen LogP contribution in [0.1, 0.15) is 13.8 Å². The van der Waals surface area contributed by atoms with E-state index in [0.29, 0.717) is 6.54 Å². The molecule has 0 bridgehead atoms. The SMILES string of the molecule is C#CC(C)N1CC(C)C(=O)NC1=O. The fraction of sp³-hybridized carbons (Fsp3) is 0.556. The molecule has 1 aliphatic rings. The maximum Gasteiger partial charge on any atom is 0.325 e. The maximum atomic E-state index is 11.2. The highest BCUT2D eigenvalue weighted by Crippen LogP contribution is 2.10. The molecule has 1 aliphatic heterocycles. The number of imide groups is 1. The predicted molar refractivity (Wildman–Crippen MR) is 47.7 cm³/mol. The minimum atomic E-state index is -0.395. The first-order valence-electron chi connectivity index (χ1n) is 4.14. The monoisotopic (exact) mass is 180 g/mol. The summed E-state index contributed by atoms with van der Waals surface area (Å²) in [4.78, 5) is 23.8. The number of terminal acetylenes is 1. The van der Waals surface area contributed by atoms with Gasteiger partial charge in [-0.1, -0.05) is 12.8 Å². The van der Waals surface area contributed by atoms with Gasteiger partial charge < -0.3 is 4.90 Å². The molecule has 0 aromatic carbocycles. The smallest absolute Gasteiger partial charge is 0.310 e. The third kappa shape index (κ3) is 1.81. The largest absolute Gasteiger partial charge is 0.325 e. The summed E-state index contributed by atoms with van der Waals surface area (Å²) in [7, 11) is 0. The topological polar surface area (TPSA) is 49.4 Å². The van der Waals surface area contributed by atoms with Crippen LogP contribution in [0.2, 0.25) is 0 Å². The molecule has 1 rings (SSSR count). The molecule has 1 heterocycles. The van der Waals surface area contributed by atoms with Gasteiger partial charge in [0.15, 0.2) is 0 Å². The zero-order chi connectivity index (χ0) is 10.0. The van der Waals surface area contributed by atoms with E-state index >= 15 is 0 Å². The molecule has 0 radical (unpaired) electrons. The summed E-state index contributed by atoms with van der Waals surface area (Å²) in [6, 6.07) is -0.663. The van der Waals surface area contributed by atoms with E-state index in [2.05, 4.69) is 11.2 Å². The minimum absolute atomic E-state index is 0.187. The summed E-state index contributed by atoms with van der Waals surface area (Å²) in [5, 5.41) is 2.25.